The van der Waals surface area contributed by atoms with Crippen molar-refractivity contribution in [3.8, 4) is 11.6 Å². The summed E-state index contributed by atoms with van der Waals surface area (Å²) in [4.78, 5) is 31.1. The Balaban J connectivity index is 1.76. The van der Waals surface area contributed by atoms with Gasteiger partial charge in [-0.15, -0.1) is 0 Å². The summed E-state index contributed by atoms with van der Waals surface area (Å²) in [5.74, 6) is -6.75. The minimum Gasteiger partial charge on any atom is -0.478 e. The standard InChI is InChI=1S/C26H19BrF5N5O4/c1-13(2)37(24(38)16-4-3-15(27)8-19(16)28)21-10-20(29)22(9-17(21)25(39)40)41-23-18(26(30,31)32)7-14(11-33-23)12-36-34-5-6-35-36/h3-11,13H,12H2,1-2H3,(H,39,40). The van der Waals surface area contributed by atoms with Gasteiger partial charge in [0.05, 0.1) is 35.8 Å². The van der Waals surface area contributed by atoms with Crippen molar-refractivity contribution >= 4 is 33.5 Å². The molecule has 0 saturated carbocycles. The molecule has 2 aromatic carbocycles. The van der Waals surface area contributed by atoms with Crippen LogP contribution in [0.15, 0.2) is 59.5 Å². The molecule has 0 saturated heterocycles. The molecule has 0 unspecified atom stereocenters. The first-order chi connectivity index (χ1) is 19.3. The number of benzene rings is 2. The molecule has 15 heteroatoms. The van der Waals surface area contributed by atoms with Crippen LogP contribution < -0.4 is 9.64 Å². The number of halogens is 6. The molecule has 0 aliphatic carbocycles. The third kappa shape index (κ3) is 6.51. The molecular weight excluding hydrogens is 621 g/mol. The van der Waals surface area contributed by atoms with E-state index in [1.165, 1.54) is 38.4 Å². The molecule has 41 heavy (non-hydrogen) atoms. The number of ether oxygens (including phenoxy) is 1. The van der Waals surface area contributed by atoms with Gasteiger partial charge in [0.2, 0.25) is 5.88 Å². The summed E-state index contributed by atoms with van der Waals surface area (Å²) in [6.07, 6.45) is -1.25. The maximum absolute atomic E-state index is 15.3. The number of carbonyl (C=O) groups excluding carboxylic acids is 1. The molecular formula is C26H19BrF5N5O4. The number of nitrogens with zero attached hydrogens (tertiary/aromatic N) is 5. The van der Waals surface area contributed by atoms with Crippen LogP contribution in [0.4, 0.5) is 27.6 Å². The Morgan fingerprint density at radius 3 is 2.32 bits per heavy atom. The van der Waals surface area contributed by atoms with Crippen LogP contribution in [0, 0.1) is 11.6 Å². The third-order valence-electron chi connectivity index (χ3n) is 5.65. The Bertz CT molecular complexity index is 1610. The quantitative estimate of drug-likeness (QED) is 0.224. The van der Waals surface area contributed by atoms with E-state index in [4.69, 9.17) is 4.74 Å². The number of aromatic carboxylic acids is 1. The lowest BCUT2D eigenvalue weighted by Crippen LogP contribution is -2.38. The van der Waals surface area contributed by atoms with Crippen LogP contribution in [0.3, 0.4) is 0 Å². The van der Waals surface area contributed by atoms with Crippen molar-refractivity contribution in [1.29, 1.82) is 0 Å². The minimum atomic E-state index is -4.97. The van der Waals surface area contributed by atoms with Gasteiger partial charge < -0.3 is 14.7 Å². The highest BCUT2D eigenvalue weighted by Crippen LogP contribution is 2.39. The van der Waals surface area contributed by atoms with Crippen LogP contribution in [0.2, 0.25) is 0 Å². The van der Waals surface area contributed by atoms with E-state index in [2.05, 4.69) is 31.1 Å². The first kappa shape index (κ1) is 29.6. The SMILES string of the molecule is CC(C)N(C(=O)c1ccc(Br)cc1F)c1cc(F)c(Oc2ncc(Cn3nccn3)cc2C(F)(F)F)cc1C(=O)O. The van der Waals surface area contributed by atoms with E-state index in [1.807, 2.05) is 0 Å². The number of anilines is 1. The summed E-state index contributed by atoms with van der Waals surface area (Å²) in [5, 5.41) is 17.5. The molecule has 0 fully saturated rings. The molecule has 2 aromatic heterocycles. The monoisotopic (exact) mass is 639 g/mol. The zero-order chi connectivity index (χ0) is 30.1. The predicted octanol–water partition coefficient (Wildman–Crippen LogP) is 6.33. The molecule has 214 valence electrons. The van der Waals surface area contributed by atoms with E-state index in [0.717, 1.165) is 28.0 Å². The fourth-order valence-electron chi connectivity index (χ4n) is 3.87. The average molecular weight is 640 g/mol. The van der Waals surface area contributed by atoms with Crippen LogP contribution >= 0.6 is 15.9 Å². The molecule has 9 nitrogen and oxygen atoms in total. The molecule has 0 atom stereocenters. The fraction of sp³-hybridized carbons (Fsp3) is 0.192. The lowest BCUT2D eigenvalue weighted by atomic mass is 10.1. The second kappa shape index (κ2) is 11.6. The van der Waals surface area contributed by atoms with Crippen molar-refractivity contribution in [2.45, 2.75) is 32.6 Å². The Kier molecular flexibility index (Phi) is 8.37. The maximum atomic E-state index is 15.3. The summed E-state index contributed by atoms with van der Waals surface area (Å²) < 4.78 is 76.9. The Morgan fingerprint density at radius 1 is 1.05 bits per heavy atom. The lowest BCUT2D eigenvalue weighted by Gasteiger charge is -2.29. The highest BCUT2D eigenvalue weighted by atomic mass is 79.9. The van der Waals surface area contributed by atoms with Crippen LogP contribution in [0.1, 0.15) is 45.7 Å². The van der Waals surface area contributed by atoms with Crippen LogP contribution in [-0.2, 0) is 12.7 Å². The van der Waals surface area contributed by atoms with Crippen molar-refractivity contribution in [2.24, 2.45) is 0 Å². The van der Waals surface area contributed by atoms with E-state index >= 15 is 4.39 Å². The van der Waals surface area contributed by atoms with Gasteiger partial charge in [-0.05, 0) is 43.7 Å². The number of alkyl halides is 3. The largest absolute Gasteiger partial charge is 0.478 e. The number of carboxylic acids is 1. The molecule has 0 radical (unpaired) electrons. The van der Waals surface area contributed by atoms with Gasteiger partial charge in [0, 0.05) is 28.8 Å². The van der Waals surface area contributed by atoms with Gasteiger partial charge in [-0.25, -0.2) is 18.6 Å². The van der Waals surface area contributed by atoms with Gasteiger partial charge in [-0.1, -0.05) is 15.9 Å². The smallest absolute Gasteiger partial charge is 0.421 e. The van der Waals surface area contributed by atoms with E-state index in [0.29, 0.717) is 16.6 Å². The highest BCUT2D eigenvalue weighted by Gasteiger charge is 2.37. The zero-order valence-electron chi connectivity index (χ0n) is 21.2. The second-order valence-electron chi connectivity index (χ2n) is 8.85. The van der Waals surface area contributed by atoms with Gasteiger partial charge in [-0.3, -0.25) is 4.79 Å². The van der Waals surface area contributed by atoms with E-state index < -0.39 is 69.7 Å². The van der Waals surface area contributed by atoms with E-state index in [-0.39, 0.29) is 12.1 Å². The topological polar surface area (TPSA) is 110 Å². The normalized spacial score (nSPS) is 11.5. The van der Waals surface area contributed by atoms with Gasteiger partial charge in [0.15, 0.2) is 11.6 Å². The summed E-state index contributed by atoms with van der Waals surface area (Å²) in [6, 6.07) is 4.79. The molecule has 0 aliphatic heterocycles. The Labute approximate surface area is 237 Å². The Morgan fingerprint density at radius 2 is 1.73 bits per heavy atom. The second-order valence-corrected chi connectivity index (χ2v) is 9.77. The predicted molar refractivity (Wildman–Crippen MR) is 138 cm³/mol. The minimum absolute atomic E-state index is 0.0641. The zero-order valence-corrected chi connectivity index (χ0v) is 22.7. The van der Waals surface area contributed by atoms with Gasteiger partial charge in [0.25, 0.3) is 5.91 Å². The van der Waals surface area contributed by atoms with Crippen LogP contribution in [-0.4, -0.2) is 43.0 Å². The number of amides is 1. The van der Waals surface area contributed by atoms with Gasteiger partial charge in [0.1, 0.15) is 11.4 Å². The molecule has 2 heterocycles. The van der Waals surface area contributed by atoms with E-state index in [1.54, 1.807) is 0 Å². The number of pyridine rings is 1. The molecule has 4 rings (SSSR count). The number of carboxylic acid groups (broad SMARTS) is 1. The number of hydrogen-bond acceptors (Lipinski definition) is 6. The fourth-order valence-corrected chi connectivity index (χ4v) is 4.20. The van der Waals surface area contributed by atoms with Gasteiger partial charge >= 0.3 is 12.1 Å². The molecule has 1 amide bonds. The van der Waals surface area contributed by atoms with Crippen LogP contribution in [0.5, 0.6) is 11.6 Å². The molecule has 0 aliphatic rings. The highest BCUT2D eigenvalue weighted by molar-refractivity contribution is 9.10. The van der Waals surface area contributed by atoms with Crippen molar-refractivity contribution in [3.63, 3.8) is 0 Å². The summed E-state index contributed by atoms with van der Waals surface area (Å²) in [5.41, 5.74) is -2.85. The summed E-state index contributed by atoms with van der Waals surface area (Å²) in [7, 11) is 0. The summed E-state index contributed by atoms with van der Waals surface area (Å²) in [6.45, 7) is 2.83. The van der Waals surface area contributed by atoms with E-state index in [9.17, 15) is 32.3 Å². The van der Waals surface area contributed by atoms with Crippen molar-refractivity contribution < 1.29 is 41.4 Å². The average Bonchev–Trinajstić information content (AvgIpc) is 3.38. The molecule has 0 spiro atoms. The molecule has 4 aromatic rings. The summed E-state index contributed by atoms with van der Waals surface area (Å²) >= 11 is 3.08. The Hall–Kier alpha value is -4.40. The first-order valence-electron chi connectivity index (χ1n) is 11.7. The third-order valence-corrected chi connectivity index (χ3v) is 6.14. The van der Waals surface area contributed by atoms with Crippen molar-refractivity contribution in [1.82, 2.24) is 20.0 Å². The number of hydrogen-bond donors (Lipinski definition) is 1. The van der Waals surface area contributed by atoms with Crippen molar-refractivity contribution in [3.05, 3.63) is 93.3 Å². The first-order valence-corrected chi connectivity index (χ1v) is 12.5. The number of carbonyl (C=O) groups is 2. The number of rotatable bonds is 8. The maximum Gasteiger partial charge on any atom is 0.421 e. The number of aromatic nitrogens is 4. The van der Waals surface area contributed by atoms with Crippen molar-refractivity contribution in [2.75, 3.05) is 4.90 Å². The van der Waals surface area contributed by atoms with Gasteiger partial charge in [-0.2, -0.15) is 28.2 Å². The molecule has 0 bridgehead atoms. The van der Waals surface area contributed by atoms with Crippen LogP contribution in [0.25, 0.3) is 0 Å². The molecule has 1 N–H and O–H groups in total. The lowest BCUT2D eigenvalue weighted by molar-refractivity contribution is -0.139.